The lowest BCUT2D eigenvalue weighted by Crippen LogP contribution is -2.44. The number of amides is 1. The van der Waals surface area contributed by atoms with Gasteiger partial charge in [-0.15, -0.1) is 0 Å². The number of hydrogen-bond donors (Lipinski definition) is 2. The Morgan fingerprint density at radius 3 is 2.48 bits per heavy atom. The van der Waals surface area contributed by atoms with Crippen LogP contribution in [-0.4, -0.2) is 33.0 Å². The Morgan fingerprint density at radius 2 is 1.92 bits per heavy atom. The molecule has 1 aromatic carbocycles. The topological polar surface area (TPSA) is 93.5 Å². The maximum atomic E-state index is 12.5. The van der Waals surface area contributed by atoms with Crippen molar-refractivity contribution in [2.75, 3.05) is 0 Å². The third-order valence-corrected chi connectivity index (χ3v) is 3.10. The number of carboxylic acids is 1. The number of rotatable bonds is 6. The van der Waals surface area contributed by atoms with Crippen molar-refractivity contribution in [2.24, 2.45) is 0 Å². The minimum atomic E-state index is -4.63. The highest BCUT2D eigenvalue weighted by molar-refractivity contribution is 5.79. The normalized spacial score (nSPS) is 12.4. The second kappa shape index (κ2) is 7.69. The molecule has 0 fully saturated rings. The molecule has 2 rings (SSSR count). The lowest BCUT2D eigenvalue weighted by molar-refractivity contribution is -0.141. The van der Waals surface area contributed by atoms with Crippen LogP contribution in [0.4, 0.5) is 18.0 Å². The van der Waals surface area contributed by atoms with Gasteiger partial charge in [0.15, 0.2) is 5.69 Å². The molecule has 1 unspecified atom stereocenters. The molecule has 25 heavy (non-hydrogen) atoms. The van der Waals surface area contributed by atoms with Crippen LogP contribution in [0, 0.1) is 0 Å². The van der Waals surface area contributed by atoms with E-state index in [0.717, 1.165) is 10.9 Å². The molecule has 0 saturated carbocycles. The lowest BCUT2D eigenvalue weighted by atomic mass is 10.2. The summed E-state index contributed by atoms with van der Waals surface area (Å²) in [5.74, 6) is -1.43. The molecule has 10 heteroatoms. The molecule has 0 bridgehead atoms. The van der Waals surface area contributed by atoms with Crippen molar-refractivity contribution < 1.29 is 32.6 Å². The number of nitrogens with one attached hydrogen (secondary N) is 1. The number of alkyl halides is 3. The van der Waals surface area contributed by atoms with Crippen LogP contribution in [0.2, 0.25) is 0 Å². The predicted octanol–water partition coefficient (Wildman–Crippen LogP) is 2.28. The van der Waals surface area contributed by atoms with Crippen LogP contribution in [0.1, 0.15) is 11.3 Å². The van der Waals surface area contributed by atoms with Crippen molar-refractivity contribution in [3.63, 3.8) is 0 Å². The summed E-state index contributed by atoms with van der Waals surface area (Å²) in [5, 5.41) is 14.4. The standard InChI is InChI=1S/C15H14F3N3O4/c16-15(17,18)12-6-7-21(20-12)8-11(13(22)23)19-14(24)25-9-10-4-2-1-3-5-10/h1-7,11H,8-9H2,(H,19,24)(H,22,23). The van der Waals surface area contributed by atoms with Crippen LogP contribution in [0.15, 0.2) is 42.6 Å². The van der Waals surface area contributed by atoms with Crippen molar-refractivity contribution in [1.82, 2.24) is 15.1 Å². The fourth-order valence-corrected chi connectivity index (χ4v) is 1.89. The summed E-state index contributed by atoms with van der Waals surface area (Å²) >= 11 is 0. The Kier molecular flexibility index (Phi) is 5.63. The monoisotopic (exact) mass is 357 g/mol. The number of halogens is 3. The van der Waals surface area contributed by atoms with E-state index >= 15 is 0 Å². The van der Waals surface area contributed by atoms with Crippen LogP contribution in [-0.2, 0) is 28.9 Å². The number of aromatic nitrogens is 2. The van der Waals surface area contributed by atoms with Crippen LogP contribution >= 0.6 is 0 Å². The summed E-state index contributed by atoms with van der Waals surface area (Å²) in [6, 6.07) is 7.91. The van der Waals surface area contributed by atoms with E-state index in [2.05, 4.69) is 10.4 Å². The van der Waals surface area contributed by atoms with Gasteiger partial charge < -0.3 is 15.2 Å². The molecule has 0 aliphatic heterocycles. The first-order valence-corrected chi connectivity index (χ1v) is 7.06. The van der Waals surface area contributed by atoms with E-state index in [1.807, 2.05) is 0 Å². The summed E-state index contributed by atoms with van der Waals surface area (Å²) in [4.78, 5) is 22.9. The molecular formula is C15H14F3N3O4. The van der Waals surface area contributed by atoms with Gasteiger partial charge in [0.2, 0.25) is 0 Å². The van der Waals surface area contributed by atoms with Crippen LogP contribution < -0.4 is 5.32 Å². The molecule has 0 spiro atoms. The zero-order valence-corrected chi connectivity index (χ0v) is 12.7. The molecule has 7 nitrogen and oxygen atoms in total. The Hall–Kier alpha value is -3.04. The van der Waals surface area contributed by atoms with E-state index in [9.17, 15) is 22.8 Å². The molecule has 2 N–H and O–H groups in total. The summed E-state index contributed by atoms with van der Waals surface area (Å²) in [7, 11) is 0. The summed E-state index contributed by atoms with van der Waals surface area (Å²) in [5.41, 5.74) is -0.449. The minimum Gasteiger partial charge on any atom is -0.480 e. The number of carbonyl (C=O) groups is 2. The van der Waals surface area contributed by atoms with Gasteiger partial charge in [0.05, 0.1) is 6.54 Å². The minimum absolute atomic E-state index is 0.0704. The maximum absolute atomic E-state index is 12.5. The van der Waals surface area contributed by atoms with Crippen LogP contribution in [0.3, 0.4) is 0 Å². The fourth-order valence-electron chi connectivity index (χ4n) is 1.89. The largest absolute Gasteiger partial charge is 0.480 e. The highest BCUT2D eigenvalue weighted by Gasteiger charge is 2.34. The maximum Gasteiger partial charge on any atom is 0.435 e. The number of nitrogens with zero attached hydrogens (tertiary/aromatic N) is 2. The highest BCUT2D eigenvalue weighted by atomic mass is 19.4. The van der Waals surface area contributed by atoms with Crippen molar-refractivity contribution in [1.29, 1.82) is 0 Å². The first-order chi connectivity index (χ1) is 11.8. The Balaban J connectivity index is 1.93. The van der Waals surface area contributed by atoms with Crippen LogP contribution in [0.25, 0.3) is 0 Å². The van der Waals surface area contributed by atoms with E-state index in [0.29, 0.717) is 11.6 Å². The van der Waals surface area contributed by atoms with E-state index < -0.39 is 36.5 Å². The van der Waals surface area contributed by atoms with Gasteiger partial charge in [-0.25, -0.2) is 9.59 Å². The summed E-state index contributed by atoms with van der Waals surface area (Å²) < 4.78 is 43.1. The van der Waals surface area contributed by atoms with E-state index in [1.54, 1.807) is 30.3 Å². The quantitative estimate of drug-likeness (QED) is 0.827. The van der Waals surface area contributed by atoms with Gasteiger partial charge in [-0.2, -0.15) is 18.3 Å². The van der Waals surface area contributed by atoms with Crippen molar-refractivity contribution >= 4 is 12.1 Å². The van der Waals surface area contributed by atoms with Gasteiger partial charge in [-0.1, -0.05) is 30.3 Å². The molecule has 0 radical (unpaired) electrons. The molecule has 0 saturated heterocycles. The number of ether oxygens (including phenoxy) is 1. The third-order valence-electron chi connectivity index (χ3n) is 3.10. The second-order valence-corrected chi connectivity index (χ2v) is 5.02. The van der Waals surface area contributed by atoms with Gasteiger partial charge in [0, 0.05) is 6.20 Å². The molecule has 134 valence electrons. The smallest absolute Gasteiger partial charge is 0.435 e. The van der Waals surface area contributed by atoms with E-state index in [-0.39, 0.29) is 6.61 Å². The first-order valence-electron chi connectivity index (χ1n) is 7.06. The highest BCUT2D eigenvalue weighted by Crippen LogP contribution is 2.27. The van der Waals surface area contributed by atoms with Gasteiger partial charge in [-0.05, 0) is 11.6 Å². The van der Waals surface area contributed by atoms with Gasteiger partial charge in [0.1, 0.15) is 12.6 Å². The first kappa shape index (κ1) is 18.3. The van der Waals surface area contributed by atoms with E-state index in [1.165, 1.54) is 0 Å². The van der Waals surface area contributed by atoms with Gasteiger partial charge in [-0.3, -0.25) is 4.68 Å². The number of alkyl carbamates (subject to hydrolysis) is 1. The summed E-state index contributed by atoms with van der Waals surface area (Å²) in [6.07, 6.45) is -4.65. The van der Waals surface area contributed by atoms with Crippen molar-refractivity contribution in [2.45, 2.75) is 25.4 Å². The second-order valence-electron chi connectivity index (χ2n) is 5.02. The number of carboxylic acid groups (broad SMARTS) is 1. The average molecular weight is 357 g/mol. The number of aliphatic carboxylic acids is 1. The molecule has 1 atom stereocenters. The van der Waals surface area contributed by atoms with Crippen molar-refractivity contribution in [3.8, 4) is 0 Å². The zero-order chi connectivity index (χ0) is 18.4. The van der Waals surface area contributed by atoms with E-state index in [4.69, 9.17) is 9.84 Å². The lowest BCUT2D eigenvalue weighted by Gasteiger charge is -2.14. The molecule has 1 aromatic heterocycles. The number of carbonyl (C=O) groups excluding carboxylic acids is 1. The predicted molar refractivity (Wildman–Crippen MR) is 78.4 cm³/mol. The summed E-state index contributed by atoms with van der Waals surface area (Å²) in [6.45, 7) is -0.551. The Labute approximate surface area is 140 Å². The van der Waals surface area contributed by atoms with Gasteiger partial charge >= 0.3 is 18.2 Å². The Morgan fingerprint density at radius 1 is 1.24 bits per heavy atom. The van der Waals surface area contributed by atoms with Gasteiger partial charge in [0.25, 0.3) is 0 Å². The molecule has 0 aliphatic carbocycles. The third kappa shape index (κ3) is 5.52. The van der Waals surface area contributed by atoms with Crippen LogP contribution in [0.5, 0.6) is 0 Å². The fraction of sp³-hybridized carbons (Fsp3) is 0.267. The SMILES string of the molecule is O=C(NC(Cn1ccc(C(F)(F)F)n1)C(=O)O)OCc1ccccc1. The average Bonchev–Trinajstić information content (AvgIpc) is 3.02. The molecule has 1 amide bonds. The number of hydrogen-bond acceptors (Lipinski definition) is 4. The van der Waals surface area contributed by atoms with Crippen molar-refractivity contribution in [3.05, 3.63) is 53.9 Å². The number of benzene rings is 1. The molecule has 1 heterocycles. The zero-order valence-electron chi connectivity index (χ0n) is 12.7. The molecule has 2 aromatic rings. The Bertz CT molecular complexity index is 731. The molecule has 0 aliphatic rings. The molecular weight excluding hydrogens is 343 g/mol.